The second-order valence-corrected chi connectivity index (χ2v) is 3.72. The van der Waals surface area contributed by atoms with E-state index < -0.39 is 37.6 Å². The van der Waals surface area contributed by atoms with E-state index in [1.807, 2.05) is 0 Å². The molecule has 21 heavy (non-hydrogen) atoms. The van der Waals surface area contributed by atoms with E-state index in [1.54, 1.807) is 0 Å². The van der Waals surface area contributed by atoms with Gasteiger partial charge in [0.2, 0.25) is 0 Å². The summed E-state index contributed by atoms with van der Waals surface area (Å²) in [7, 11) is 0. The summed E-state index contributed by atoms with van der Waals surface area (Å²) in [5.41, 5.74) is -2.51. The molecule has 0 saturated heterocycles. The Morgan fingerprint density at radius 3 is 1.71 bits per heavy atom. The highest BCUT2D eigenvalue weighted by molar-refractivity contribution is 5.65. The summed E-state index contributed by atoms with van der Waals surface area (Å²) in [6, 6.07) is 4.27. The zero-order chi connectivity index (χ0) is 15.6. The first kappa shape index (κ1) is 13.9. The number of hydrogen-bond donors (Lipinski definition) is 0. The number of nitro benzene ring substituents is 3. The molecule has 11 heteroatoms. The fraction of sp³-hybridized carbons (Fsp3) is 0. The summed E-state index contributed by atoms with van der Waals surface area (Å²) in [6.45, 7) is 0. The van der Waals surface area contributed by atoms with Gasteiger partial charge in [0, 0.05) is 12.4 Å². The quantitative estimate of drug-likeness (QED) is 0.606. The van der Waals surface area contributed by atoms with Crippen LogP contribution in [-0.2, 0) is 0 Å². The van der Waals surface area contributed by atoms with Gasteiger partial charge in [0.15, 0.2) is 0 Å². The molecule has 0 spiro atoms. The minimum Gasteiger partial charge on any atom is -0.361 e. The monoisotopic (exact) mass is 294 g/mol. The van der Waals surface area contributed by atoms with E-state index in [0.29, 0.717) is 12.1 Å². The van der Waals surface area contributed by atoms with Crippen molar-refractivity contribution in [3.63, 3.8) is 0 Å². The van der Waals surface area contributed by atoms with Crippen LogP contribution in [-0.4, -0.2) is 19.5 Å². The molecule has 0 aliphatic heterocycles. The SMILES string of the molecule is O=[N+]([O-])c1cc([N+](=O)[O-])c(On2cccc2)c([N+](=O)[O-])c1. The van der Waals surface area contributed by atoms with E-state index in [0.717, 1.165) is 4.73 Å². The molecule has 1 aromatic carbocycles. The highest BCUT2D eigenvalue weighted by atomic mass is 16.7. The third-order valence-corrected chi connectivity index (χ3v) is 2.41. The molecule has 2 aromatic rings. The molecule has 0 fully saturated rings. The molecule has 11 nitrogen and oxygen atoms in total. The first-order valence-electron chi connectivity index (χ1n) is 5.32. The van der Waals surface area contributed by atoms with Gasteiger partial charge in [-0.15, -0.1) is 0 Å². The second-order valence-electron chi connectivity index (χ2n) is 3.72. The summed E-state index contributed by atoms with van der Waals surface area (Å²) in [4.78, 5) is 34.8. The van der Waals surface area contributed by atoms with Gasteiger partial charge >= 0.3 is 17.1 Å². The zero-order valence-electron chi connectivity index (χ0n) is 10.1. The molecule has 0 bridgehead atoms. The molecular formula is C10H6N4O7. The predicted octanol–water partition coefficient (Wildman–Crippen LogP) is 2.05. The Labute approximate surface area is 115 Å². The fourth-order valence-electron chi connectivity index (χ4n) is 1.54. The first-order chi connectivity index (χ1) is 9.90. The Morgan fingerprint density at radius 2 is 1.33 bits per heavy atom. The van der Waals surface area contributed by atoms with Crippen molar-refractivity contribution in [2.75, 3.05) is 0 Å². The van der Waals surface area contributed by atoms with E-state index in [1.165, 1.54) is 24.5 Å². The lowest BCUT2D eigenvalue weighted by Crippen LogP contribution is -2.07. The lowest BCUT2D eigenvalue weighted by Gasteiger charge is -2.06. The van der Waals surface area contributed by atoms with Crippen LogP contribution < -0.4 is 4.84 Å². The fourth-order valence-corrected chi connectivity index (χ4v) is 1.54. The van der Waals surface area contributed by atoms with Crippen LogP contribution in [0.2, 0.25) is 0 Å². The number of aromatic nitrogens is 1. The minimum absolute atomic E-state index is 0.603. The van der Waals surface area contributed by atoms with Gasteiger partial charge in [0.05, 0.1) is 26.9 Å². The van der Waals surface area contributed by atoms with Crippen molar-refractivity contribution in [1.82, 2.24) is 4.73 Å². The van der Waals surface area contributed by atoms with Gasteiger partial charge in [0.25, 0.3) is 5.69 Å². The van der Waals surface area contributed by atoms with E-state index in [2.05, 4.69) is 0 Å². The van der Waals surface area contributed by atoms with Crippen LogP contribution in [0, 0.1) is 30.3 Å². The Balaban J connectivity index is 2.66. The average molecular weight is 294 g/mol. The number of non-ortho nitro benzene ring substituents is 1. The highest BCUT2D eigenvalue weighted by Crippen LogP contribution is 2.40. The van der Waals surface area contributed by atoms with E-state index in [9.17, 15) is 30.3 Å². The Kier molecular flexibility index (Phi) is 3.47. The zero-order valence-corrected chi connectivity index (χ0v) is 10.1. The van der Waals surface area contributed by atoms with Gasteiger partial charge < -0.3 is 4.84 Å². The van der Waals surface area contributed by atoms with Gasteiger partial charge in [-0.05, 0) is 12.1 Å². The summed E-state index contributed by atoms with van der Waals surface area (Å²) in [6.07, 6.45) is 2.71. The molecular weight excluding hydrogens is 288 g/mol. The lowest BCUT2D eigenvalue weighted by atomic mass is 10.2. The van der Waals surface area contributed by atoms with Crippen LogP contribution in [0.15, 0.2) is 36.7 Å². The Hall–Kier alpha value is -3.50. The minimum atomic E-state index is -0.987. The van der Waals surface area contributed by atoms with Crippen molar-refractivity contribution in [2.45, 2.75) is 0 Å². The molecule has 108 valence electrons. The lowest BCUT2D eigenvalue weighted by molar-refractivity contribution is -0.404. The summed E-state index contributed by atoms with van der Waals surface area (Å²) in [5.74, 6) is -0.688. The number of hydrogen-bond acceptors (Lipinski definition) is 7. The maximum atomic E-state index is 11.0. The smallest absolute Gasteiger partial charge is 0.328 e. The molecule has 0 unspecified atom stereocenters. The summed E-state index contributed by atoms with van der Waals surface area (Å²) < 4.78 is 1.00. The van der Waals surface area contributed by atoms with Gasteiger partial charge in [-0.2, -0.15) is 4.73 Å². The second kappa shape index (κ2) is 5.24. The topological polar surface area (TPSA) is 144 Å². The van der Waals surface area contributed by atoms with Crippen molar-refractivity contribution >= 4 is 17.1 Å². The molecule has 0 radical (unpaired) electrons. The number of nitrogens with zero attached hydrogens (tertiary/aromatic N) is 4. The maximum Gasteiger partial charge on any atom is 0.328 e. The molecule has 0 aliphatic carbocycles. The summed E-state index contributed by atoms with van der Waals surface area (Å²) >= 11 is 0. The van der Waals surface area contributed by atoms with Crippen LogP contribution in [0.4, 0.5) is 17.1 Å². The molecule has 0 aliphatic rings. The molecule has 0 atom stereocenters. The highest BCUT2D eigenvalue weighted by Gasteiger charge is 2.33. The maximum absolute atomic E-state index is 11.0. The number of benzene rings is 1. The van der Waals surface area contributed by atoms with Crippen LogP contribution in [0.1, 0.15) is 0 Å². The summed E-state index contributed by atoms with van der Waals surface area (Å²) in [5, 5.41) is 32.6. The van der Waals surface area contributed by atoms with Crippen molar-refractivity contribution in [2.24, 2.45) is 0 Å². The van der Waals surface area contributed by atoms with Crippen molar-refractivity contribution in [1.29, 1.82) is 0 Å². The standard InChI is InChI=1S/C10H6N4O7/c15-12(16)7-5-8(13(17)18)10(9(6-7)14(19)20)21-11-3-1-2-4-11/h1-6H. The normalized spacial score (nSPS) is 10.1. The van der Waals surface area contributed by atoms with Gasteiger partial charge in [-0.1, -0.05) is 0 Å². The van der Waals surface area contributed by atoms with Crippen molar-refractivity contribution in [3.8, 4) is 5.75 Å². The van der Waals surface area contributed by atoms with Gasteiger partial charge in [-0.25, -0.2) is 0 Å². The van der Waals surface area contributed by atoms with Crippen molar-refractivity contribution < 1.29 is 19.6 Å². The molecule has 1 aromatic heterocycles. The molecule has 2 rings (SSSR count). The Morgan fingerprint density at radius 1 is 0.857 bits per heavy atom. The largest absolute Gasteiger partial charge is 0.361 e. The van der Waals surface area contributed by atoms with Crippen molar-refractivity contribution in [3.05, 3.63) is 67.0 Å². The van der Waals surface area contributed by atoms with Gasteiger partial charge in [0.1, 0.15) is 0 Å². The van der Waals surface area contributed by atoms with Gasteiger partial charge in [-0.3, -0.25) is 30.3 Å². The van der Waals surface area contributed by atoms with Crippen LogP contribution in [0.3, 0.4) is 0 Å². The van der Waals surface area contributed by atoms with E-state index in [4.69, 9.17) is 4.84 Å². The molecule has 0 amide bonds. The first-order valence-corrected chi connectivity index (χ1v) is 5.32. The third-order valence-electron chi connectivity index (χ3n) is 2.41. The molecule has 0 saturated carbocycles. The van der Waals surface area contributed by atoms with Crippen LogP contribution in [0.5, 0.6) is 5.75 Å². The predicted molar refractivity (Wildman–Crippen MR) is 66.9 cm³/mol. The Bertz CT molecular complexity index is 690. The third kappa shape index (κ3) is 2.75. The van der Waals surface area contributed by atoms with E-state index >= 15 is 0 Å². The van der Waals surface area contributed by atoms with E-state index in [-0.39, 0.29) is 0 Å². The number of nitro groups is 3. The van der Waals surface area contributed by atoms with Crippen LogP contribution in [0.25, 0.3) is 0 Å². The molecule has 1 heterocycles. The number of rotatable bonds is 5. The average Bonchev–Trinajstić information content (AvgIpc) is 2.90. The van der Waals surface area contributed by atoms with Crippen LogP contribution >= 0.6 is 0 Å². The molecule has 0 N–H and O–H groups in total.